The Morgan fingerprint density at radius 3 is 2.60 bits per heavy atom. The fourth-order valence-corrected chi connectivity index (χ4v) is 5.11. The van der Waals surface area contributed by atoms with Crippen molar-refractivity contribution in [2.24, 2.45) is 0 Å². The molecule has 5 aromatic rings. The van der Waals surface area contributed by atoms with Gasteiger partial charge in [0.2, 0.25) is 5.91 Å². The van der Waals surface area contributed by atoms with Crippen LogP contribution in [0.1, 0.15) is 16.1 Å². The van der Waals surface area contributed by atoms with Crippen LogP contribution < -0.4 is 10.9 Å². The summed E-state index contributed by atoms with van der Waals surface area (Å²) in [5.41, 5.74) is 3.58. The number of thiophene rings is 1. The van der Waals surface area contributed by atoms with E-state index < -0.39 is 11.9 Å². The molecule has 9 heteroatoms. The topological polar surface area (TPSA) is 103 Å². The van der Waals surface area contributed by atoms with E-state index in [2.05, 4.69) is 15.3 Å². The van der Waals surface area contributed by atoms with E-state index in [1.54, 1.807) is 24.3 Å². The second kappa shape index (κ2) is 9.11. The highest BCUT2D eigenvalue weighted by molar-refractivity contribution is 7.25. The van der Waals surface area contributed by atoms with Crippen LogP contribution in [-0.4, -0.2) is 33.5 Å². The summed E-state index contributed by atoms with van der Waals surface area (Å²) >= 11 is 1.27. The minimum atomic E-state index is -0.566. The van der Waals surface area contributed by atoms with Gasteiger partial charge in [-0.2, -0.15) is 0 Å². The van der Waals surface area contributed by atoms with Gasteiger partial charge in [-0.3, -0.25) is 14.2 Å². The van der Waals surface area contributed by atoms with Gasteiger partial charge in [0.05, 0.1) is 30.2 Å². The summed E-state index contributed by atoms with van der Waals surface area (Å²) in [6.45, 7) is 1.65. The molecular formula is C26H20N4O4S. The van der Waals surface area contributed by atoms with E-state index >= 15 is 0 Å². The number of para-hydroxylation sites is 1. The average Bonchev–Trinajstić information content (AvgIpc) is 3.24. The number of aryl methyl sites for hydroxylation is 1. The number of esters is 1. The number of benzene rings is 2. The van der Waals surface area contributed by atoms with Crippen molar-refractivity contribution in [3.05, 3.63) is 88.6 Å². The molecule has 0 saturated carbocycles. The Labute approximate surface area is 203 Å². The van der Waals surface area contributed by atoms with E-state index in [0.717, 1.165) is 27.0 Å². The molecule has 0 aliphatic heterocycles. The number of methoxy groups -OCH3 is 1. The molecule has 1 amide bonds. The Kier molecular flexibility index (Phi) is 5.84. The van der Waals surface area contributed by atoms with E-state index in [0.29, 0.717) is 15.9 Å². The van der Waals surface area contributed by atoms with Crippen LogP contribution in [0.15, 0.2) is 71.8 Å². The number of hydrogen-bond acceptors (Lipinski definition) is 7. The number of rotatable bonds is 5. The van der Waals surface area contributed by atoms with Gasteiger partial charge in [-0.1, -0.05) is 42.5 Å². The average molecular weight is 485 g/mol. The molecule has 3 heterocycles. The lowest BCUT2D eigenvalue weighted by Crippen LogP contribution is -2.28. The third kappa shape index (κ3) is 4.17. The van der Waals surface area contributed by atoms with Crippen LogP contribution in [0, 0.1) is 6.92 Å². The maximum atomic E-state index is 13.3. The van der Waals surface area contributed by atoms with Gasteiger partial charge in [0.25, 0.3) is 5.56 Å². The molecule has 0 atom stereocenters. The first-order chi connectivity index (χ1) is 17.0. The largest absolute Gasteiger partial charge is 0.465 e. The van der Waals surface area contributed by atoms with E-state index in [-0.39, 0.29) is 17.7 Å². The number of pyridine rings is 1. The first-order valence-electron chi connectivity index (χ1n) is 10.8. The Balaban J connectivity index is 1.52. The predicted molar refractivity (Wildman–Crippen MR) is 136 cm³/mol. The standard InChI is InChI=1S/C26H20N4O4S/c1-15-12-18(16-8-4-3-5-9-16)21-22-23(35-24(21)28-15)25(32)30(14-27-22)13-20(31)29-19-11-7-6-10-17(19)26(33)34-2/h3-12,14H,13H2,1-2H3,(H,29,31). The number of ether oxygens (including phenoxy) is 1. The highest BCUT2D eigenvalue weighted by atomic mass is 32.1. The van der Waals surface area contributed by atoms with Crippen LogP contribution in [0.25, 0.3) is 31.6 Å². The van der Waals surface area contributed by atoms with E-state index in [4.69, 9.17) is 4.74 Å². The smallest absolute Gasteiger partial charge is 0.339 e. The number of carbonyl (C=O) groups excluding carboxylic acids is 2. The Hall–Kier alpha value is -4.37. The molecule has 5 rings (SSSR count). The first-order valence-corrected chi connectivity index (χ1v) is 11.6. The number of hydrogen-bond donors (Lipinski definition) is 1. The van der Waals surface area contributed by atoms with Crippen molar-refractivity contribution in [2.45, 2.75) is 13.5 Å². The zero-order valence-corrected chi connectivity index (χ0v) is 19.8. The van der Waals surface area contributed by atoms with E-state index in [1.807, 2.05) is 43.3 Å². The van der Waals surface area contributed by atoms with Gasteiger partial charge >= 0.3 is 5.97 Å². The molecule has 0 radical (unpaired) electrons. The van der Waals surface area contributed by atoms with Gasteiger partial charge in [0.15, 0.2) is 0 Å². The highest BCUT2D eigenvalue weighted by Gasteiger charge is 2.19. The summed E-state index contributed by atoms with van der Waals surface area (Å²) in [6, 6.07) is 18.4. The molecule has 0 unspecified atom stereocenters. The fourth-order valence-electron chi connectivity index (χ4n) is 3.97. The molecule has 0 bridgehead atoms. The first kappa shape index (κ1) is 22.4. The van der Waals surface area contributed by atoms with Crippen molar-refractivity contribution in [3.8, 4) is 11.1 Å². The van der Waals surface area contributed by atoms with Gasteiger partial charge in [-0.15, -0.1) is 11.3 Å². The second-order valence-electron chi connectivity index (χ2n) is 7.90. The number of anilines is 1. The Bertz CT molecular complexity index is 1660. The molecule has 3 aromatic heterocycles. The van der Waals surface area contributed by atoms with Crippen molar-refractivity contribution in [1.29, 1.82) is 0 Å². The third-order valence-corrected chi connectivity index (χ3v) is 6.61. The zero-order chi connectivity index (χ0) is 24.5. The van der Waals surface area contributed by atoms with Crippen LogP contribution >= 0.6 is 11.3 Å². The van der Waals surface area contributed by atoms with Crippen molar-refractivity contribution in [1.82, 2.24) is 14.5 Å². The lowest BCUT2D eigenvalue weighted by atomic mass is 10.0. The molecule has 0 fully saturated rings. The number of amides is 1. The number of fused-ring (bicyclic) bond motifs is 3. The second-order valence-corrected chi connectivity index (χ2v) is 8.90. The van der Waals surface area contributed by atoms with Crippen molar-refractivity contribution >= 4 is 49.3 Å². The summed E-state index contributed by atoms with van der Waals surface area (Å²) in [5.74, 6) is -1.03. The van der Waals surface area contributed by atoms with Crippen molar-refractivity contribution < 1.29 is 14.3 Å². The lowest BCUT2D eigenvalue weighted by molar-refractivity contribution is -0.116. The van der Waals surface area contributed by atoms with Crippen LogP contribution in [0.5, 0.6) is 0 Å². The van der Waals surface area contributed by atoms with Crippen molar-refractivity contribution in [3.63, 3.8) is 0 Å². The minimum absolute atomic E-state index is 0.226. The van der Waals surface area contributed by atoms with Crippen LogP contribution in [0.3, 0.4) is 0 Å². The summed E-state index contributed by atoms with van der Waals surface area (Å²) in [5, 5.41) is 3.50. The maximum absolute atomic E-state index is 13.3. The summed E-state index contributed by atoms with van der Waals surface area (Å²) in [6.07, 6.45) is 1.37. The lowest BCUT2D eigenvalue weighted by Gasteiger charge is -2.10. The third-order valence-electron chi connectivity index (χ3n) is 5.55. The number of carbonyl (C=O) groups is 2. The molecule has 0 aliphatic rings. The normalized spacial score (nSPS) is 11.0. The fraction of sp³-hybridized carbons (Fsp3) is 0.115. The Morgan fingerprint density at radius 2 is 1.83 bits per heavy atom. The predicted octanol–water partition coefficient (Wildman–Crippen LogP) is 4.41. The zero-order valence-electron chi connectivity index (χ0n) is 18.9. The highest BCUT2D eigenvalue weighted by Crippen LogP contribution is 2.37. The van der Waals surface area contributed by atoms with Gasteiger partial charge in [-0.05, 0) is 36.2 Å². The monoisotopic (exact) mass is 484 g/mol. The minimum Gasteiger partial charge on any atom is -0.465 e. The number of nitrogens with one attached hydrogen (secondary N) is 1. The number of nitrogens with zero attached hydrogens (tertiary/aromatic N) is 3. The van der Waals surface area contributed by atoms with Gasteiger partial charge in [0, 0.05) is 11.1 Å². The van der Waals surface area contributed by atoms with Gasteiger partial charge in [0.1, 0.15) is 16.1 Å². The summed E-state index contributed by atoms with van der Waals surface area (Å²) in [7, 11) is 1.27. The Morgan fingerprint density at radius 1 is 1.09 bits per heavy atom. The van der Waals surface area contributed by atoms with E-state index in [1.165, 1.54) is 29.3 Å². The molecule has 1 N–H and O–H groups in total. The van der Waals surface area contributed by atoms with Crippen LogP contribution in [0.2, 0.25) is 0 Å². The van der Waals surface area contributed by atoms with Crippen LogP contribution in [0.4, 0.5) is 5.69 Å². The molecule has 2 aromatic carbocycles. The molecule has 8 nitrogen and oxygen atoms in total. The number of aromatic nitrogens is 3. The molecule has 0 saturated heterocycles. The SMILES string of the molecule is COC(=O)c1ccccc1NC(=O)Cn1cnc2c(sc3nc(C)cc(-c4ccccc4)c32)c1=O. The molecule has 35 heavy (non-hydrogen) atoms. The molecular weight excluding hydrogens is 464 g/mol. The molecule has 174 valence electrons. The summed E-state index contributed by atoms with van der Waals surface area (Å²) in [4.78, 5) is 47.9. The molecule has 0 spiro atoms. The summed E-state index contributed by atoms with van der Waals surface area (Å²) < 4.78 is 6.45. The quantitative estimate of drug-likeness (QED) is 0.371. The van der Waals surface area contributed by atoms with Crippen LogP contribution in [-0.2, 0) is 16.1 Å². The van der Waals surface area contributed by atoms with Crippen molar-refractivity contribution in [2.75, 3.05) is 12.4 Å². The maximum Gasteiger partial charge on any atom is 0.339 e. The van der Waals surface area contributed by atoms with Gasteiger partial charge in [-0.25, -0.2) is 14.8 Å². The molecule has 0 aliphatic carbocycles. The van der Waals surface area contributed by atoms with Gasteiger partial charge < -0.3 is 10.1 Å². The van der Waals surface area contributed by atoms with E-state index in [9.17, 15) is 14.4 Å².